The Kier molecular flexibility index (Phi) is 8.68. The number of nitro groups is 1. The van der Waals surface area contributed by atoms with E-state index >= 15 is 0 Å². The van der Waals surface area contributed by atoms with Crippen LogP contribution < -0.4 is 14.8 Å². The Morgan fingerprint density at radius 2 is 1.83 bits per heavy atom. The first-order valence-electron chi connectivity index (χ1n) is 10.3. The molecule has 0 unspecified atom stereocenters. The van der Waals surface area contributed by atoms with Crippen LogP contribution in [0.15, 0.2) is 66.2 Å². The van der Waals surface area contributed by atoms with Crippen LogP contribution in [0.5, 0.6) is 11.5 Å². The Bertz CT molecular complexity index is 1320. The highest BCUT2D eigenvalue weighted by molar-refractivity contribution is 6.32. The summed E-state index contributed by atoms with van der Waals surface area (Å²) < 4.78 is 11.5. The summed E-state index contributed by atoms with van der Waals surface area (Å²) in [4.78, 5) is 23.0. The highest BCUT2D eigenvalue weighted by Crippen LogP contribution is 2.31. The number of rotatable bonds is 9. The van der Waals surface area contributed by atoms with Crippen LogP contribution in [0, 0.1) is 21.4 Å². The van der Waals surface area contributed by atoms with Crippen LogP contribution in [0.2, 0.25) is 10.0 Å². The van der Waals surface area contributed by atoms with Crippen molar-refractivity contribution in [1.82, 2.24) is 0 Å². The molecule has 0 radical (unpaired) electrons. The first kappa shape index (κ1) is 25.6. The van der Waals surface area contributed by atoms with Crippen molar-refractivity contribution in [3.05, 3.63) is 97.5 Å². The Morgan fingerprint density at radius 1 is 1.09 bits per heavy atom. The first-order chi connectivity index (χ1) is 16.8. The second kappa shape index (κ2) is 11.9. The number of carbonyl (C=O) groups excluding carboxylic acids is 1. The summed E-state index contributed by atoms with van der Waals surface area (Å²) in [6.07, 6.45) is 1.38. The summed E-state index contributed by atoms with van der Waals surface area (Å²) in [5.74, 6) is 0.210. The number of hydrogen-bond donors (Lipinski definition) is 1. The normalized spacial score (nSPS) is 10.9. The molecule has 3 rings (SSSR count). The van der Waals surface area contributed by atoms with E-state index in [1.54, 1.807) is 30.3 Å². The fraction of sp³-hybridized carbons (Fsp3) is 0.120. The lowest BCUT2D eigenvalue weighted by Crippen LogP contribution is -2.13. The molecule has 8 nitrogen and oxygen atoms in total. The lowest BCUT2D eigenvalue weighted by molar-refractivity contribution is -0.384. The lowest BCUT2D eigenvalue weighted by atomic mass is 10.1. The number of carbonyl (C=O) groups is 1. The van der Waals surface area contributed by atoms with E-state index in [9.17, 15) is 20.2 Å². The van der Waals surface area contributed by atoms with E-state index in [2.05, 4.69) is 5.32 Å². The zero-order valence-corrected chi connectivity index (χ0v) is 20.0. The quantitative estimate of drug-likeness (QED) is 0.153. The number of nitrogens with one attached hydrogen (secondary N) is 1. The number of nitriles is 1. The summed E-state index contributed by atoms with van der Waals surface area (Å²) in [6, 6.07) is 17.9. The molecule has 0 fully saturated rings. The number of benzene rings is 3. The van der Waals surface area contributed by atoms with E-state index < -0.39 is 10.8 Å². The third kappa shape index (κ3) is 6.96. The van der Waals surface area contributed by atoms with Gasteiger partial charge in [0.15, 0.2) is 11.5 Å². The zero-order chi connectivity index (χ0) is 25.4. The molecule has 1 amide bonds. The molecule has 0 aromatic heterocycles. The molecule has 0 heterocycles. The van der Waals surface area contributed by atoms with Crippen molar-refractivity contribution in [2.45, 2.75) is 13.5 Å². The fourth-order valence-corrected chi connectivity index (χ4v) is 3.30. The highest BCUT2D eigenvalue weighted by atomic mass is 35.5. The Labute approximate surface area is 211 Å². The number of hydrogen-bond acceptors (Lipinski definition) is 6. The number of nitrogens with zero attached hydrogens (tertiary/aromatic N) is 2. The number of halogens is 2. The molecule has 35 heavy (non-hydrogen) atoms. The van der Waals surface area contributed by atoms with E-state index in [4.69, 9.17) is 32.7 Å². The van der Waals surface area contributed by atoms with Gasteiger partial charge in [-0.3, -0.25) is 14.9 Å². The summed E-state index contributed by atoms with van der Waals surface area (Å²) in [5, 5.41) is 23.6. The average molecular weight is 512 g/mol. The van der Waals surface area contributed by atoms with Gasteiger partial charge in [0.05, 0.1) is 11.5 Å². The summed E-state index contributed by atoms with van der Waals surface area (Å²) in [7, 11) is 0. The van der Waals surface area contributed by atoms with Gasteiger partial charge in [-0.1, -0.05) is 41.4 Å². The van der Waals surface area contributed by atoms with Crippen LogP contribution >= 0.6 is 23.2 Å². The van der Waals surface area contributed by atoms with Gasteiger partial charge in [0.25, 0.3) is 11.6 Å². The summed E-state index contributed by atoms with van der Waals surface area (Å²) in [5.41, 5.74) is 1.02. The first-order valence-corrected chi connectivity index (χ1v) is 11.1. The highest BCUT2D eigenvalue weighted by Gasteiger charge is 2.16. The smallest absolute Gasteiger partial charge is 0.289 e. The maximum absolute atomic E-state index is 12.6. The van der Waals surface area contributed by atoms with Crippen molar-refractivity contribution >= 4 is 46.6 Å². The molecule has 0 aliphatic rings. The molecular weight excluding hydrogens is 493 g/mol. The van der Waals surface area contributed by atoms with E-state index in [0.717, 1.165) is 11.6 Å². The second-order valence-electron chi connectivity index (χ2n) is 7.10. The van der Waals surface area contributed by atoms with E-state index in [1.165, 1.54) is 18.2 Å². The number of amides is 1. The minimum Gasteiger partial charge on any atom is -0.490 e. The van der Waals surface area contributed by atoms with E-state index in [1.807, 2.05) is 25.1 Å². The SMILES string of the molecule is CCOc1cc(/C=C(\C#N)C(=O)Nc2ccc(Cl)c([N+](=O)[O-])c2)ccc1OCc1ccc(Cl)cc1. The number of anilines is 1. The molecule has 3 aromatic rings. The third-order valence-electron chi connectivity index (χ3n) is 4.65. The standard InChI is InChI=1S/C25H19Cl2N3O5/c1-2-34-24-12-17(5-10-23(24)35-15-16-3-6-19(26)7-4-16)11-18(14-28)25(31)29-20-8-9-21(27)22(13-20)30(32)33/h3-13H,2,15H2,1H3,(H,29,31)/b18-11+. The van der Waals surface area contributed by atoms with Gasteiger partial charge in [-0.05, 0) is 60.5 Å². The van der Waals surface area contributed by atoms with Crippen LogP contribution in [0.3, 0.4) is 0 Å². The Balaban J connectivity index is 1.79. The van der Waals surface area contributed by atoms with Crippen molar-refractivity contribution in [2.75, 3.05) is 11.9 Å². The van der Waals surface area contributed by atoms with Gasteiger partial charge in [-0.2, -0.15) is 5.26 Å². The number of nitro benzene ring substituents is 1. The van der Waals surface area contributed by atoms with Crippen molar-refractivity contribution in [2.24, 2.45) is 0 Å². The lowest BCUT2D eigenvalue weighted by Gasteiger charge is -2.13. The van der Waals surface area contributed by atoms with Crippen molar-refractivity contribution < 1.29 is 19.2 Å². The van der Waals surface area contributed by atoms with Gasteiger partial charge in [-0.25, -0.2) is 0 Å². The molecule has 0 atom stereocenters. The van der Waals surface area contributed by atoms with Gasteiger partial charge in [0, 0.05) is 16.8 Å². The molecule has 10 heteroatoms. The average Bonchev–Trinajstić information content (AvgIpc) is 2.84. The molecule has 178 valence electrons. The Hall–Kier alpha value is -4.06. The molecule has 0 bridgehead atoms. The van der Waals surface area contributed by atoms with Gasteiger partial charge in [0.1, 0.15) is 23.3 Å². The molecule has 0 aliphatic carbocycles. The van der Waals surface area contributed by atoms with Gasteiger partial charge >= 0.3 is 0 Å². The molecule has 1 N–H and O–H groups in total. The predicted octanol–water partition coefficient (Wildman–Crippen LogP) is 6.42. The van der Waals surface area contributed by atoms with Crippen LogP contribution in [0.25, 0.3) is 6.08 Å². The molecule has 0 saturated carbocycles. The monoisotopic (exact) mass is 511 g/mol. The minimum absolute atomic E-state index is 0.0640. The molecule has 0 aliphatic heterocycles. The summed E-state index contributed by atoms with van der Waals surface area (Å²) in [6.45, 7) is 2.50. The fourth-order valence-electron chi connectivity index (χ4n) is 2.99. The number of ether oxygens (including phenoxy) is 2. The summed E-state index contributed by atoms with van der Waals surface area (Å²) >= 11 is 11.7. The van der Waals surface area contributed by atoms with E-state index in [-0.39, 0.29) is 22.0 Å². The second-order valence-corrected chi connectivity index (χ2v) is 7.95. The third-order valence-corrected chi connectivity index (χ3v) is 5.22. The van der Waals surface area contributed by atoms with E-state index in [0.29, 0.717) is 35.3 Å². The maximum atomic E-state index is 12.6. The van der Waals surface area contributed by atoms with Gasteiger partial charge in [-0.15, -0.1) is 0 Å². The van der Waals surface area contributed by atoms with Crippen LogP contribution in [0.1, 0.15) is 18.1 Å². The minimum atomic E-state index is -0.731. The largest absolute Gasteiger partial charge is 0.490 e. The molecule has 0 spiro atoms. The topological polar surface area (TPSA) is 114 Å². The molecular formula is C25H19Cl2N3O5. The predicted molar refractivity (Wildman–Crippen MR) is 134 cm³/mol. The van der Waals surface area contributed by atoms with Gasteiger partial charge in [0.2, 0.25) is 0 Å². The maximum Gasteiger partial charge on any atom is 0.289 e. The van der Waals surface area contributed by atoms with Crippen LogP contribution in [-0.2, 0) is 11.4 Å². The zero-order valence-electron chi connectivity index (χ0n) is 18.5. The van der Waals surface area contributed by atoms with Crippen molar-refractivity contribution in [3.63, 3.8) is 0 Å². The van der Waals surface area contributed by atoms with Crippen LogP contribution in [-0.4, -0.2) is 17.4 Å². The van der Waals surface area contributed by atoms with Crippen LogP contribution in [0.4, 0.5) is 11.4 Å². The molecule has 0 saturated heterocycles. The van der Waals surface area contributed by atoms with Crippen molar-refractivity contribution in [1.29, 1.82) is 5.26 Å². The van der Waals surface area contributed by atoms with Gasteiger partial charge < -0.3 is 14.8 Å². The Morgan fingerprint density at radius 3 is 2.49 bits per heavy atom. The van der Waals surface area contributed by atoms with Crippen molar-refractivity contribution in [3.8, 4) is 17.6 Å². The molecule has 3 aromatic carbocycles.